The number of hydrogen-bond donors (Lipinski definition) is 1. The first kappa shape index (κ1) is 28.9. The highest BCUT2D eigenvalue weighted by Gasteiger charge is 2.34. The van der Waals surface area contributed by atoms with Crippen LogP contribution in [0.15, 0.2) is 63.4 Å². The van der Waals surface area contributed by atoms with Crippen LogP contribution in [0, 0.1) is 12.7 Å². The summed E-state index contributed by atoms with van der Waals surface area (Å²) in [6, 6.07) is 15.9. The molecule has 224 valence electrons. The van der Waals surface area contributed by atoms with E-state index in [2.05, 4.69) is 15.2 Å². The molecule has 1 amide bonds. The second-order valence-corrected chi connectivity index (χ2v) is 13.4. The third-order valence-corrected chi connectivity index (χ3v) is 9.44. The number of nitrogens with zero attached hydrogens (tertiary/aromatic N) is 3. The lowest BCUT2D eigenvalue weighted by atomic mass is 9.83. The maximum absolute atomic E-state index is 14.4. The molecule has 1 aliphatic rings. The van der Waals surface area contributed by atoms with Crippen molar-refractivity contribution in [1.29, 1.82) is 0 Å². The van der Waals surface area contributed by atoms with Gasteiger partial charge in [0.25, 0.3) is 5.91 Å². The topological polar surface area (TPSA) is 109 Å². The lowest BCUT2D eigenvalue weighted by Gasteiger charge is -2.36. The lowest BCUT2D eigenvalue weighted by Crippen LogP contribution is -2.37. The summed E-state index contributed by atoms with van der Waals surface area (Å²) >= 11 is 0. The number of anilines is 1. The van der Waals surface area contributed by atoms with Gasteiger partial charge in [0.2, 0.25) is 10.0 Å². The average Bonchev–Trinajstić information content (AvgIpc) is 3.58. The summed E-state index contributed by atoms with van der Waals surface area (Å²) < 4.78 is 53.6. The molecule has 0 radical (unpaired) electrons. The van der Waals surface area contributed by atoms with Gasteiger partial charge in [0.1, 0.15) is 16.9 Å². The molecular weight excluding hydrogens is 571 g/mol. The van der Waals surface area contributed by atoms with Gasteiger partial charge in [-0.3, -0.25) is 9.10 Å². The van der Waals surface area contributed by atoms with Crippen molar-refractivity contribution < 1.29 is 26.4 Å². The van der Waals surface area contributed by atoms with Crippen molar-refractivity contribution >= 4 is 43.7 Å². The molecule has 2 aromatic heterocycles. The quantitative estimate of drug-likeness (QED) is 0.267. The van der Waals surface area contributed by atoms with Crippen LogP contribution in [0.2, 0.25) is 0 Å². The predicted molar refractivity (Wildman–Crippen MR) is 165 cm³/mol. The summed E-state index contributed by atoms with van der Waals surface area (Å²) in [5, 5.41) is 3.32. The zero-order valence-corrected chi connectivity index (χ0v) is 25.5. The van der Waals surface area contributed by atoms with Crippen molar-refractivity contribution in [1.82, 2.24) is 15.2 Å². The smallest absolute Gasteiger partial charge is 0.255 e. The van der Waals surface area contributed by atoms with E-state index >= 15 is 0 Å². The minimum Gasteiger partial charge on any atom is -0.455 e. The molecule has 2 atom stereocenters. The van der Waals surface area contributed by atoms with Gasteiger partial charge in [0.05, 0.1) is 17.5 Å². The maximum Gasteiger partial charge on any atom is 0.255 e. The van der Waals surface area contributed by atoms with Gasteiger partial charge < -0.3 is 19.1 Å². The van der Waals surface area contributed by atoms with Crippen LogP contribution < -0.4 is 9.62 Å². The molecule has 0 bridgehead atoms. The van der Waals surface area contributed by atoms with Crippen LogP contribution in [0.1, 0.15) is 45.6 Å². The first-order chi connectivity index (χ1) is 20.4. The molecule has 0 aliphatic carbocycles. The Morgan fingerprint density at radius 1 is 1.07 bits per heavy atom. The van der Waals surface area contributed by atoms with Crippen LogP contribution in [0.3, 0.4) is 0 Å². The van der Waals surface area contributed by atoms with Gasteiger partial charge >= 0.3 is 0 Å². The largest absolute Gasteiger partial charge is 0.455 e. The summed E-state index contributed by atoms with van der Waals surface area (Å²) in [7, 11) is 1.41. The van der Waals surface area contributed by atoms with Gasteiger partial charge in [-0.15, -0.1) is 0 Å². The first-order valence-corrected chi connectivity index (χ1v) is 15.9. The third-order valence-electron chi connectivity index (χ3n) is 8.25. The van der Waals surface area contributed by atoms with Crippen LogP contribution in [0.5, 0.6) is 0 Å². The number of piperidine rings is 1. The van der Waals surface area contributed by atoms with Crippen LogP contribution >= 0.6 is 0 Å². The summed E-state index contributed by atoms with van der Waals surface area (Å²) in [6.45, 7) is 3.24. The van der Waals surface area contributed by atoms with Crippen LogP contribution in [0.25, 0.3) is 33.4 Å². The number of fused-ring (bicyclic) bond motifs is 2. The van der Waals surface area contributed by atoms with Crippen molar-refractivity contribution in [3.63, 3.8) is 0 Å². The number of carbonyl (C=O) groups is 1. The molecule has 6 rings (SSSR count). The number of para-hydroxylation sites is 1. The standard InChI is InChI=1S/C32H33FN4O5S/c1-18-9-11-19(12-10-18)30-28(31(38)34-2)23-14-22(25(15-27(23)41-30)37(4)43(5,39)40)20-13-21(17-36(3)16-20)32-35-29-24(33)7-6-8-26(29)42-32/h6-12,14-15,20-21H,13,16-17H2,1-5H3,(H,34,38). The molecule has 3 heterocycles. The molecule has 3 aromatic carbocycles. The number of aryl methyl sites for hydroxylation is 1. The number of benzene rings is 3. The second kappa shape index (κ2) is 10.8. The minimum absolute atomic E-state index is 0.164. The Balaban J connectivity index is 1.52. The van der Waals surface area contributed by atoms with E-state index in [0.717, 1.165) is 22.9 Å². The molecule has 2 unspecified atom stereocenters. The molecule has 5 aromatic rings. The number of oxazole rings is 1. The molecule has 43 heavy (non-hydrogen) atoms. The highest BCUT2D eigenvalue weighted by Crippen LogP contribution is 2.44. The van der Waals surface area contributed by atoms with Crippen molar-refractivity contribution in [3.8, 4) is 11.3 Å². The monoisotopic (exact) mass is 604 g/mol. The van der Waals surface area contributed by atoms with Gasteiger partial charge in [0, 0.05) is 50.1 Å². The third kappa shape index (κ3) is 5.27. The fourth-order valence-electron chi connectivity index (χ4n) is 6.02. The lowest BCUT2D eigenvalue weighted by molar-refractivity contribution is 0.0964. The highest BCUT2D eigenvalue weighted by atomic mass is 32.2. The Kier molecular flexibility index (Phi) is 7.26. The van der Waals surface area contributed by atoms with E-state index < -0.39 is 15.8 Å². The summed E-state index contributed by atoms with van der Waals surface area (Å²) in [4.78, 5) is 19.9. The molecule has 0 spiro atoms. The summed E-state index contributed by atoms with van der Waals surface area (Å²) in [6.07, 6.45) is 1.73. The van der Waals surface area contributed by atoms with Gasteiger partial charge in [-0.1, -0.05) is 35.9 Å². The molecule has 1 N–H and O–H groups in total. The van der Waals surface area contributed by atoms with Crippen LogP contribution in [0.4, 0.5) is 10.1 Å². The Morgan fingerprint density at radius 2 is 1.79 bits per heavy atom. The number of furan rings is 1. The maximum atomic E-state index is 14.4. The number of hydrogen-bond acceptors (Lipinski definition) is 7. The van der Waals surface area contributed by atoms with Gasteiger partial charge in [-0.2, -0.15) is 0 Å². The zero-order chi connectivity index (χ0) is 30.6. The number of carbonyl (C=O) groups excluding carboxylic acids is 1. The van der Waals surface area contributed by atoms with E-state index in [1.807, 2.05) is 44.3 Å². The zero-order valence-electron chi connectivity index (χ0n) is 24.6. The Labute approximate surface area is 249 Å². The highest BCUT2D eigenvalue weighted by molar-refractivity contribution is 7.92. The van der Waals surface area contributed by atoms with E-state index in [1.165, 1.54) is 17.4 Å². The van der Waals surface area contributed by atoms with E-state index in [1.54, 1.807) is 25.2 Å². The fraction of sp³-hybridized carbons (Fsp3) is 0.312. The van der Waals surface area contributed by atoms with E-state index in [0.29, 0.717) is 59.0 Å². The van der Waals surface area contributed by atoms with Crippen LogP contribution in [-0.2, 0) is 10.0 Å². The molecule has 0 saturated carbocycles. The number of rotatable bonds is 6. The molecule has 9 nitrogen and oxygen atoms in total. The number of amides is 1. The first-order valence-electron chi connectivity index (χ1n) is 14.0. The van der Waals surface area contributed by atoms with E-state index in [-0.39, 0.29) is 23.3 Å². The van der Waals surface area contributed by atoms with Crippen molar-refractivity contribution in [2.24, 2.45) is 0 Å². The van der Waals surface area contributed by atoms with E-state index in [4.69, 9.17) is 8.83 Å². The minimum atomic E-state index is -3.64. The predicted octanol–water partition coefficient (Wildman–Crippen LogP) is 5.65. The summed E-state index contributed by atoms with van der Waals surface area (Å²) in [5.41, 5.74) is 4.38. The number of halogens is 1. The number of likely N-dealkylation sites (N-methyl/N-ethyl adjacent to an activating group) is 1. The Morgan fingerprint density at radius 3 is 2.47 bits per heavy atom. The van der Waals surface area contributed by atoms with Crippen molar-refractivity contribution in [2.75, 3.05) is 44.8 Å². The molecule has 1 aliphatic heterocycles. The SMILES string of the molecule is CNC(=O)c1c(-c2ccc(C)cc2)oc2cc(N(C)S(C)(=O)=O)c(C3CC(c4nc5c(F)cccc5o4)CN(C)C3)cc12. The van der Waals surface area contributed by atoms with Gasteiger partial charge in [-0.25, -0.2) is 17.8 Å². The van der Waals surface area contributed by atoms with Crippen LogP contribution in [-0.4, -0.2) is 64.7 Å². The Hall–Kier alpha value is -4.22. The summed E-state index contributed by atoms with van der Waals surface area (Å²) in [5.74, 6) is -0.243. The fourth-order valence-corrected chi connectivity index (χ4v) is 6.53. The number of sulfonamides is 1. The number of nitrogens with one attached hydrogen (secondary N) is 1. The molecular formula is C32H33FN4O5S. The average molecular weight is 605 g/mol. The molecule has 1 saturated heterocycles. The van der Waals surface area contributed by atoms with Gasteiger partial charge in [-0.05, 0) is 50.1 Å². The normalized spacial score (nSPS) is 17.9. The molecule has 1 fully saturated rings. The van der Waals surface area contributed by atoms with Crippen molar-refractivity contribution in [2.45, 2.75) is 25.2 Å². The number of aromatic nitrogens is 1. The second-order valence-electron chi connectivity index (χ2n) is 11.4. The number of likely N-dealkylation sites (tertiary alicyclic amines) is 1. The van der Waals surface area contributed by atoms with Crippen molar-refractivity contribution in [3.05, 3.63) is 83.0 Å². The molecule has 11 heteroatoms. The Bertz CT molecular complexity index is 1970. The van der Waals surface area contributed by atoms with Gasteiger partial charge in [0.15, 0.2) is 17.3 Å². The van der Waals surface area contributed by atoms with E-state index in [9.17, 15) is 17.6 Å².